The highest BCUT2D eigenvalue weighted by atomic mass is 32.1. The topological polar surface area (TPSA) is 95.1 Å². The van der Waals surface area contributed by atoms with E-state index in [0.717, 1.165) is 15.0 Å². The van der Waals surface area contributed by atoms with Crippen molar-refractivity contribution in [1.82, 2.24) is 15.5 Å². The van der Waals surface area contributed by atoms with Crippen molar-refractivity contribution in [2.45, 2.75) is 6.10 Å². The van der Waals surface area contributed by atoms with Gasteiger partial charge in [0, 0.05) is 22.2 Å². The zero-order valence-electron chi connectivity index (χ0n) is 11.4. The van der Waals surface area contributed by atoms with Crippen LogP contribution in [0.25, 0.3) is 10.1 Å². The Morgan fingerprint density at radius 1 is 1.32 bits per heavy atom. The average Bonchev–Trinajstić information content (AvgIpc) is 2.97. The lowest BCUT2D eigenvalue weighted by Gasteiger charge is -2.09. The number of carbonyl (C=O) groups is 1. The second-order valence-corrected chi connectivity index (χ2v) is 5.83. The molecule has 3 N–H and O–H groups in total. The minimum Gasteiger partial charge on any atom is -0.386 e. The maximum atomic E-state index is 11.9. The van der Waals surface area contributed by atoms with E-state index in [2.05, 4.69) is 15.5 Å². The molecule has 2 heterocycles. The van der Waals surface area contributed by atoms with Crippen LogP contribution in [-0.2, 0) is 0 Å². The van der Waals surface area contributed by atoms with Crippen LogP contribution in [0.4, 0.5) is 0 Å². The first-order valence-electron chi connectivity index (χ1n) is 6.64. The minimum absolute atomic E-state index is 0.0759. The molecule has 1 amide bonds. The van der Waals surface area contributed by atoms with Crippen molar-refractivity contribution in [3.63, 3.8) is 0 Å². The van der Waals surface area contributed by atoms with Gasteiger partial charge in [0.2, 0.25) is 0 Å². The molecule has 0 aliphatic carbocycles. The third-order valence-electron chi connectivity index (χ3n) is 3.14. The van der Waals surface area contributed by atoms with Gasteiger partial charge in [-0.2, -0.15) is 5.10 Å². The highest BCUT2D eigenvalue weighted by molar-refractivity contribution is 7.19. The van der Waals surface area contributed by atoms with Crippen LogP contribution in [0, 0.1) is 0 Å². The van der Waals surface area contributed by atoms with E-state index in [1.807, 2.05) is 30.3 Å². The van der Waals surface area contributed by atoms with Gasteiger partial charge in [0.25, 0.3) is 11.5 Å². The van der Waals surface area contributed by atoms with Crippen LogP contribution in [-0.4, -0.2) is 27.8 Å². The molecule has 0 bridgehead atoms. The van der Waals surface area contributed by atoms with E-state index >= 15 is 0 Å². The SMILES string of the molecule is O=C(NCC(O)c1cc2ccccc2s1)c1ccc(=O)[nH]n1. The lowest BCUT2D eigenvalue weighted by Crippen LogP contribution is -2.29. The maximum Gasteiger partial charge on any atom is 0.271 e. The van der Waals surface area contributed by atoms with Crippen LogP contribution in [0.2, 0.25) is 0 Å². The van der Waals surface area contributed by atoms with Crippen molar-refractivity contribution >= 4 is 27.3 Å². The summed E-state index contributed by atoms with van der Waals surface area (Å²) in [5, 5.41) is 19.7. The summed E-state index contributed by atoms with van der Waals surface area (Å²) in [6, 6.07) is 12.3. The zero-order chi connectivity index (χ0) is 15.5. The summed E-state index contributed by atoms with van der Waals surface area (Å²) in [4.78, 5) is 23.5. The first-order chi connectivity index (χ1) is 10.6. The molecule has 0 aliphatic rings. The van der Waals surface area contributed by atoms with Crippen molar-refractivity contribution in [1.29, 1.82) is 0 Å². The summed E-state index contributed by atoms with van der Waals surface area (Å²) in [6.07, 6.45) is -0.788. The second-order valence-electron chi connectivity index (χ2n) is 4.72. The standard InChI is InChI=1S/C15H13N3O3S/c19-11(13-7-9-3-1-2-4-12(9)22-13)8-16-15(21)10-5-6-14(20)18-17-10/h1-7,11,19H,8H2,(H,16,21)(H,18,20). The van der Waals surface area contributed by atoms with Crippen LogP contribution in [0.1, 0.15) is 21.5 Å². The molecule has 6 nitrogen and oxygen atoms in total. The van der Waals surface area contributed by atoms with Gasteiger partial charge in [-0.1, -0.05) is 18.2 Å². The number of aliphatic hydroxyl groups is 1. The zero-order valence-corrected chi connectivity index (χ0v) is 12.3. The molecule has 0 fully saturated rings. The van der Waals surface area contributed by atoms with Gasteiger partial charge in [0.1, 0.15) is 11.8 Å². The highest BCUT2D eigenvalue weighted by Gasteiger charge is 2.14. The Labute approximate surface area is 129 Å². The number of carbonyl (C=O) groups excluding carboxylic acids is 1. The third kappa shape index (κ3) is 3.05. The van der Waals surface area contributed by atoms with Gasteiger partial charge in [-0.05, 0) is 23.6 Å². The molecule has 22 heavy (non-hydrogen) atoms. The van der Waals surface area contributed by atoms with E-state index in [1.54, 1.807) is 0 Å². The molecule has 7 heteroatoms. The van der Waals surface area contributed by atoms with Gasteiger partial charge in [-0.15, -0.1) is 11.3 Å². The molecule has 0 saturated carbocycles. The molecule has 1 aromatic carbocycles. The first-order valence-corrected chi connectivity index (χ1v) is 7.45. The Morgan fingerprint density at radius 3 is 2.86 bits per heavy atom. The molecule has 2 aromatic heterocycles. The maximum absolute atomic E-state index is 11.9. The number of rotatable bonds is 4. The molecule has 1 atom stereocenters. The molecule has 0 saturated heterocycles. The second kappa shape index (κ2) is 6.08. The van der Waals surface area contributed by atoms with E-state index < -0.39 is 12.0 Å². The fraction of sp³-hybridized carbons (Fsp3) is 0.133. The van der Waals surface area contributed by atoms with Gasteiger partial charge >= 0.3 is 0 Å². The monoisotopic (exact) mass is 315 g/mol. The van der Waals surface area contributed by atoms with Gasteiger partial charge in [0.05, 0.1) is 0 Å². The summed E-state index contributed by atoms with van der Waals surface area (Å²) in [5.41, 5.74) is -0.273. The summed E-state index contributed by atoms with van der Waals surface area (Å²) in [7, 11) is 0. The van der Waals surface area contributed by atoms with Gasteiger partial charge in [-0.25, -0.2) is 5.10 Å². The Hall–Kier alpha value is -2.51. The number of benzene rings is 1. The third-order valence-corrected chi connectivity index (χ3v) is 4.36. The molecule has 0 aliphatic heterocycles. The average molecular weight is 315 g/mol. The summed E-state index contributed by atoms with van der Waals surface area (Å²) < 4.78 is 1.09. The molecule has 0 spiro atoms. The molecular formula is C15H13N3O3S. The van der Waals surface area contributed by atoms with Crippen molar-refractivity contribution in [2.75, 3.05) is 6.54 Å². The van der Waals surface area contributed by atoms with Gasteiger partial charge < -0.3 is 10.4 Å². The number of aliphatic hydroxyl groups excluding tert-OH is 1. The Balaban J connectivity index is 1.66. The molecule has 3 rings (SSSR count). The number of fused-ring (bicyclic) bond motifs is 1. The Kier molecular flexibility index (Phi) is 3.99. The van der Waals surface area contributed by atoms with E-state index in [4.69, 9.17) is 0 Å². The van der Waals surface area contributed by atoms with Crippen molar-refractivity contribution < 1.29 is 9.90 Å². The predicted octanol–water partition coefficient (Wildman–Crippen LogP) is 1.45. The Morgan fingerprint density at radius 2 is 2.14 bits per heavy atom. The number of nitrogens with zero attached hydrogens (tertiary/aromatic N) is 1. The number of amides is 1. The van der Waals surface area contributed by atoms with Crippen LogP contribution < -0.4 is 10.9 Å². The molecular weight excluding hydrogens is 302 g/mol. The largest absolute Gasteiger partial charge is 0.386 e. The smallest absolute Gasteiger partial charge is 0.271 e. The number of hydrogen-bond donors (Lipinski definition) is 3. The van der Waals surface area contributed by atoms with E-state index in [9.17, 15) is 14.7 Å². The van der Waals surface area contributed by atoms with Gasteiger partial charge in [-0.3, -0.25) is 9.59 Å². The van der Waals surface area contributed by atoms with Crippen LogP contribution in [0.15, 0.2) is 47.3 Å². The Bertz CT molecular complexity index is 818. The molecule has 1 unspecified atom stereocenters. The number of thiophene rings is 1. The molecule has 112 valence electrons. The number of nitrogens with one attached hydrogen (secondary N) is 2. The first kappa shape index (κ1) is 14.4. The number of hydrogen-bond acceptors (Lipinski definition) is 5. The van der Waals surface area contributed by atoms with E-state index in [-0.39, 0.29) is 17.8 Å². The predicted molar refractivity (Wildman–Crippen MR) is 84.0 cm³/mol. The molecule has 0 radical (unpaired) electrons. The van der Waals surface area contributed by atoms with Crippen LogP contribution in [0.5, 0.6) is 0 Å². The molecule has 3 aromatic rings. The van der Waals surface area contributed by atoms with Crippen molar-refractivity contribution in [3.8, 4) is 0 Å². The number of aromatic amines is 1. The van der Waals surface area contributed by atoms with Crippen LogP contribution in [0.3, 0.4) is 0 Å². The van der Waals surface area contributed by atoms with E-state index in [0.29, 0.717) is 0 Å². The van der Waals surface area contributed by atoms with Crippen LogP contribution >= 0.6 is 11.3 Å². The summed E-state index contributed by atoms with van der Waals surface area (Å²) in [6.45, 7) is 0.0759. The fourth-order valence-corrected chi connectivity index (χ4v) is 3.07. The normalized spacial score (nSPS) is 12.2. The lowest BCUT2D eigenvalue weighted by atomic mass is 10.2. The van der Waals surface area contributed by atoms with Crippen molar-refractivity contribution in [2.24, 2.45) is 0 Å². The van der Waals surface area contributed by atoms with E-state index in [1.165, 1.54) is 23.5 Å². The fourth-order valence-electron chi connectivity index (χ4n) is 2.02. The van der Waals surface area contributed by atoms with Crippen molar-refractivity contribution in [3.05, 3.63) is 63.4 Å². The van der Waals surface area contributed by atoms with Gasteiger partial charge in [0.15, 0.2) is 0 Å². The summed E-state index contributed by atoms with van der Waals surface area (Å²) >= 11 is 1.49. The number of H-pyrrole nitrogens is 1. The lowest BCUT2D eigenvalue weighted by molar-refractivity contribution is 0.0912. The quantitative estimate of drug-likeness (QED) is 0.679. The number of aromatic nitrogens is 2. The highest BCUT2D eigenvalue weighted by Crippen LogP contribution is 2.29. The minimum atomic E-state index is -0.788. The summed E-state index contributed by atoms with van der Waals surface area (Å²) in [5.74, 6) is -0.448.